The highest BCUT2D eigenvalue weighted by molar-refractivity contribution is 5.45. The SMILES string of the molecule is OCc1cccc(OCc2ccccc2)c1O. The Bertz CT molecular complexity index is 480. The summed E-state index contributed by atoms with van der Waals surface area (Å²) in [5, 5.41) is 18.8. The number of aromatic hydroxyl groups is 1. The van der Waals surface area contributed by atoms with Gasteiger partial charge in [0.1, 0.15) is 6.61 Å². The molecule has 3 nitrogen and oxygen atoms in total. The van der Waals surface area contributed by atoms with Crippen LogP contribution in [0.4, 0.5) is 0 Å². The van der Waals surface area contributed by atoms with Gasteiger partial charge in [-0.3, -0.25) is 0 Å². The van der Waals surface area contributed by atoms with Gasteiger partial charge >= 0.3 is 0 Å². The summed E-state index contributed by atoms with van der Waals surface area (Å²) in [5.74, 6) is 0.395. The van der Waals surface area contributed by atoms with E-state index in [4.69, 9.17) is 9.84 Å². The van der Waals surface area contributed by atoms with Crippen molar-refractivity contribution in [1.29, 1.82) is 0 Å². The summed E-state index contributed by atoms with van der Waals surface area (Å²) in [5.41, 5.74) is 1.50. The third-order valence-electron chi connectivity index (χ3n) is 2.49. The fourth-order valence-corrected chi connectivity index (χ4v) is 1.55. The second-order valence-corrected chi connectivity index (χ2v) is 3.70. The van der Waals surface area contributed by atoms with E-state index < -0.39 is 0 Å². The Kier molecular flexibility index (Phi) is 3.62. The number of aliphatic hydroxyl groups excluding tert-OH is 1. The van der Waals surface area contributed by atoms with Crippen LogP contribution in [0.2, 0.25) is 0 Å². The lowest BCUT2D eigenvalue weighted by Gasteiger charge is -2.10. The molecule has 0 bridgehead atoms. The Morgan fingerprint density at radius 3 is 2.41 bits per heavy atom. The lowest BCUT2D eigenvalue weighted by Crippen LogP contribution is -1.96. The molecule has 0 aliphatic heterocycles. The Balaban J connectivity index is 2.09. The Morgan fingerprint density at radius 2 is 1.71 bits per heavy atom. The highest BCUT2D eigenvalue weighted by atomic mass is 16.5. The maximum absolute atomic E-state index is 9.78. The first-order chi connectivity index (χ1) is 8.31. The van der Waals surface area contributed by atoms with Gasteiger partial charge in [-0.1, -0.05) is 42.5 Å². The lowest BCUT2D eigenvalue weighted by molar-refractivity contribution is 0.263. The first-order valence-electron chi connectivity index (χ1n) is 5.39. The molecule has 0 aliphatic rings. The van der Waals surface area contributed by atoms with Crippen molar-refractivity contribution in [3.8, 4) is 11.5 Å². The molecule has 3 heteroatoms. The fourth-order valence-electron chi connectivity index (χ4n) is 1.55. The second-order valence-electron chi connectivity index (χ2n) is 3.70. The van der Waals surface area contributed by atoms with Crippen molar-refractivity contribution < 1.29 is 14.9 Å². The predicted molar refractivity (Wildman–Crippen MR) is 64.8 cm³/mol. The first-order valence-corrected chi connectivity index (χ1v) is 5.39. The van der Waals surface area contributed by atoms with E-state index in [1.165, 1.54) is 0 Å². The number of para-hydroxylation sites is 1. The van der Waals surface area contributed by atoms with E-state index in [2.05, 4.69) is 0 Å². The minimum atomic E-state index is -0.200. The van der Waals surface area contributed by atoms with Crippen molar-refractivity contribution in [2.75, 3.05) is 0 Å². The number of ether oxygens (including phenoxy) is 1. The van der Waals surface area contributed by atoms with Gasteiger partial charge in [-0.15, -0.1) is 0 Å². The van der Waals surface area contributed by atoms with E-state index in [9.17, 15) is 5.11 Å². The van der Waals surface area contributed by atoms with Gasteiger partial charge in [0.25, 0.3) is 0 Å². The maximum atomic E-state index is 9.78. The summed E-state index contributed by atoms with van der Waals surface area (Å²) >= 11 is 0. The molecular weight excluding hydrogens is 216 g/mol. The second kappa shape index (κ2) is 5.37. The van der Waals surface area contributed by atoms with Crippen molar-refractivity contribution in [3.05, 3.63) is 59.7 Å². The summed E-state index contributed by atoms with van der Waals surface area (Å²) < 4.78 is 5.50. The number of rotatable bonds is 4. The van der Waals surface area contributed by atoms with Crippen LogP contribution in [0.15, 0.2) is 48.5 Å². The van der Waals surface area contributed by atoms with Gasteiger partial charge in [-0.05, 0) is 11.6 Å². The van der Waals surface area contributed by atoms with E-state index in [1.54, 1.807) is 18.2 Å². The molecule has 2 aromatic rings. The van der Waals surface area contributed by atoms with E-state index in [1.807, 2.05) is 30.3 Å². The maximum Gasteiger partial charge on any atom is 0.163 e. The van der Waals surface area contributed by atoms with Crippen LogP contribution in [0, 0.1) is 0 Å². The summed E-state index contributed by atoms with van der Waals surface area (Å²) in [7, 11) is 0. The van der Waals surface area contributed by atoms with E-state index in [0.717, 1.165) is 5.56 Å². The van der Waals surface area contributed by atoms with Crippen LogP contribution < -0.4 is 4.74 Å². The number of phenols is 1. The minimum Gasteiger partial charge on any atom is -0.504 e. The summed E-state index contributed by atoms with van der Waals surface area (Å²) in [6.07, 6.45) is 0. The molecule has 0 radical (unpaired) electrons. The van der Waals surface area contributed by atoms with Gasteiger partial charge < -0.3 is 14.9 Å². The Labute approximate surface area is 99.9 Å². The highest BCUT2D eigenvalue weighted by Crippen LogP contribution is 2.30. The van der Waals surface area contributed by atoms with Crippen molar-refractivity contribution in [2.24, 2.45) is 0 Å². The zero-order valence-electron chi connectivity index (χ0n) is 9.34. The van der Waals surface area contributed by atoms with Crippen molar-refractivity contribution in [2.45, 2.75) is 13.2 Å². The molecule has 0 spiro atoms. The number of benzene rings is 2. The molecule has 17 heavy (non-hydrogen) atoms. The minimum absolute atomic E-state index is 0.00549. The standard InChI is InChI=1S/C14H14O3/c15-9-12-7-4-8-13(14(12)16)17-10-11-5-2-1-3-6-11/h1-8,15-16H,9-10H2. The average molecular weight is 230 g/mol. The molecule has 0 fully saturated rings. The largest absolute Gasteiger partial charge is 0.504 e. The quantitative estimate of drug-likeness (QED) is 0.848. The summed E-state index contributed by atoms with van der Waals surface area (Å²) in [6.45, 7) is 0.192. The monoisotopic (exact) mass is 230 g/mol. The van der Waals surface area contributed by atoms with Crippen LogP contribution in [-0.2, 0) is 13.2 Å². The molecule has 2 aromatic carbocycles. The Morgan fingerprint density at radius 1 is 0.941 bits per heavy atom. The molecule has 0 saturated heterocycles. The van der Waals surface area contributed by atoms with Crippen LogP contribution in [0.5, 0.6) is 11.5 Å². The highest BCUT2D eigenvalue weighted by Gasteiger charge is 2.06. The topological polar surface area (TPSA) is 49.7 Å². The molecule has 2 N–H and O–H groups in total. The van der Waals surface area contributed by atoms with Gasteiger partial charge in [-0.2, -0.15) is 0 Å². The number of aliphatic hydroxyl groups is 1. The molecule has 0 heterocycles. The van der Waals surface area contributed by atoms with Gasteiger partial charge in [0, 0.05) is 5.56 Å². The predicted octanol–water partition coefficient (Wildman–Crippen LogP) is 2.46. The van der Waals surface area contributed by atoms with Crippen LogP contribution in [0.25, 0.3) is 0 Å². The number of hydrogen-bond donors (Lipinski definition) is 2. The molecule has 88 valence electrons. The molecule has 0 saturated carbocycles. The number of hydrogen-bond acceptors (Lipinski definition) is 3. The third kappa shape index (κ3) is 2.77. The molecule has 0 amide bonds. The van der Waals surface area contributed by atoms with Crippen LogP contribution in [-0.4, -0.2) is 10.2 Å². The fraction of sp³-hybridized carbons (Fsp3) is 0.143. The van der Waals surface area contributed by atoms with Crippen LogP contribution >= 0.6 is 0 Å². The molecule has 2 rings (SSSR count). The summed E-state index contributed by atoms with van der Waals surface area (Å²) in [4.78, 5) is 0. The third-order valence-corrected chi connectivity index (χ3v) is 2.49. The summed E-state index contributed by atoms with van der Waals surface area (Å²) in [6, 6.07) is 14.8. The van der Waals surface area contributed by atoms with Gasteiger partial charge in [0.2, 0.25) is 0 Å². The van der Waals surface area contributed by atoms with E-state index in [-0.39, 0.29) is 12.4 Å². The molecule has 0 unspecified atom stereocenters. The molecular formula is C14H14O3. The molecule has 0 aliphatic carbocycles. The van der Waals surface area contributed by atoms with E-state index in [0.29, 0.717) is 17.9 Å². The zero-order valence-corrected chi connectivity index (χ0v) is 9.34. The molecule has 0 aromatic heterocycles. The van der Waals surface area contributed by atoms with Crippen molar-refractivity contribution >= 4 is 0 Å². The van der Waals surface area contributed by atoms with Crippen LogP contribution in [0.3, 0.4) is 0 Å². The van der Waals surface area contributed by atoms with Gasteiger partial charge in [-0.25, -0.2) is 0 Å². The normalized spacial score (nSPS) is 10.2. The van der Waals surface area contributed by atoms with Crippen molar-refractivity contribution in [3.63, 3.8) is 0 Å². The van der Waals surface area contributed by atoms with E-state index >= 15 is 0 Å². The van der Waals surface area contributed by atoms with Crippen molar-refractivity contribution in [1.82, 2.24) is 0 Å². The first kappa shape index (κ1) is 11.5. The average Bonchev–Trinajstić information content (AvgIpc) is 2.39. The Hall–Kier alpha value is -2.00. The lowest BCUT2D eigenvalue weighted by atomic mass is 10.2. The molecule has 0 atom stereocenters. The van der Waals surface area contributed by atoms with Gasteiger partial charge in [0.05, 0.1) is 6.61 Å². The zero-order chi connectivity index (χ0) is 12.1. The van der Waals surface area contributed by atoms with Gasteiger partial charge in [0.15, 0.2) is 11.5 Å². The smallest absolute Gasteiger partial charge is 0.163 e. The van der Waals surface area contributed by atoms with Crippen LogP contribution in [0.1, 0.15) is 11.1 Å².